The van der Waals surface area contributed by atoms with Crippen LogP contribution in [0.3, 0.4) is 0 Å². The summed E-state index contributed by atoms with van der Waals surface area (Å²) in [6, 6.07) is 17.3. The lowest BCUT2D eigenvalue weighted by Gasteiger charge is -2.03. The zero-order chi connectivity index (χ0) is 18.4. The van der Waals surface area contributed by atoms with Crippen LogP contribution in [0.15, 0.2) is 54.6 Å². The summed E-state index contributed by atoms with van der Waals surface area (Å²) < 4.78 is 3.49. The molecule has 0 aliphatic rings. The Balaban J connectivity index is 1.60. The zero-order valence-corrected chi connectivity index (χ0v) is 15.7. The van der Waals surface area contributed by atoms with E-state index in [1.54, 1.807) is 9.20 Å². The van der Waals surface area contributed by atoms with Crippen LogP contribution < -0.4 is 0 Å². The van der Waals surface area contributed by atoms with Crippen LogP contribution in [-0.4, -0.2) is 34.8 Å². The maximum absolute atomic E-state index is 6.09. The van der Waals surface area contributed by atoms with E-state index in [1.165, 1.54) is 11.3 Å². The van der Waals surface area contributed by atoms with Crippen molar-refractivity contribution < 1.29 is 0 Å². The number of halogens is 1. The number of aromatic nitrogens is 7. The van der Waals surface area contributed by atoms with Crippen molar-refractivity contribution >= 4 is 27.9 Å². The average molecular weight is 394 g/mol. The first kappa shape index (κ1) is 16.1. The van der Waals surface area contributed by atoms with Gasteiger partial charge in [0.25, 0.3) is 0 Å². The van der Waals surface area contributed by atoms with Gasteiger partial charge in [-0.2, -0.15) is 9.61 Å². The fraction of sp³-hybridized carbons (Fsp3) is 0.0556. The fourth-order valence-electron chi connectivity index (χ4n) is 2.86. The number of rotatable bonds is 3. The quantitative estimate of drug-likeness (QED) is 0.462. The lowest BCUT2D eigenvalue weighted by Crippen LogP contribution is -1.98. The van der Waals surface area contributed by atoms with E-state index in [2.05, 4.69) is 25.6 Å². The molecule has 0 atom stereocenters. The molecule has 5 aromatic rings. The second-order valence-corrected chi connectivity index (χ2v) is 7.30. The lowest BCUT2D eigenvalue weighted by molar-refractivity contribution is 0.785. The van der Waals surface area contributed by atoms with E-state index < -0.39 is 0 Å². The SMILES string of the molecule is Cc1c(-c2nn3c(-c4ccccc4)nnc3s2)nnn1-c1cccc(Cl)c1. The molecule has 0 radical (unpaired) electrons. The highest BCUT2D eigenvalue weighted by Crippen LogP contribution is 2.29. The molecular formula is C18H12ClN7S. The fourth-order valence-corrected chi connectivity index (χ4v) is 3.92. The Morgan fingerprint density at radius 2 is 1.81 bits per heavy atom. The van der Waals surface area contributed by atoms with Gasteiger partial charge in [-0.25, -0.2) is 4.68 Å². The van der Waals surface area contributed by atoms with Crippen LogP contribution in [-0.2, 0) is 0 Å². The van der Waals surface area contributed by atoms with Crippen LogP contribution in [0.4, 0.5) is 0 Å². The number of benzene rings is 2. The van der Waals surface area contributed by atoms with Crippen LogP contribution in [0.2, 0.25) is 5.02 Å². The van der Waals surface area contributed by atoms with E-state index in [0.717, 1.165) is 22.0 Å². The maximum Gasteiger partial charge on any atom is 0.235 e. The van der Waals surface area contributed by atoms with E-state index in [-0.39, 0.29) is 0 Å². The molecule has 2 aromatic carbocycles. The number of fused-ring (bicyclic) bond motifs is 1. The molecule has 0 unspecified atom stereocenters. The second kappa shape index (κ2) is 6.26. The van der Waals surface area contributed by atoms with Crippen molar-refractivity contribution in [1.29, 1.82) is 0 Å². The zero-order valence-electron chi connectivity index (χ0n) is 14.1. The first-order valence-corrected chi connectivity index (χ1v) is 9.36. The van der Waals surface area contributed by atoms with Gasteiger partial charge in [0.1, 0.15) is 5.69 Å². The van der Waals surface area contributed by atoms with Gasteiger partial charge in [-0.3, -0.25) is 0 Å². The van der Waals surface area contributed by atoms with Crippen molar-refractivity contribution in [3.63, 3.8) is 0 Å². The Morgan fingerprint density at radius 3 is 2.63 bits per heavy atom. The first-order chi connectivity index (χ1) is 13.2. The Morgan fingerprint density at radius 1 is 0.963 bits per heavy atom. The van der Waals surface area contributed by atoms with Gasteiger partial charge in [0.2, 0.25) is 4.96 Å². The van der Waals surface area contributed by atoms with Crippen molar-refractivity contribution in [3.05, 3.63) is 65.3 Å². The van der Waals surface area contributed by atoms with Crippen LogP contribution in [0.1, 0.15) is 5.69 Å². The Labute approximate surface area is 162 Å². The molecule has 0 saturated heterocycles. The summed E-state index contributed by atoms with van der Waals surface area (Å²) in [6.45, 7) is 1.96. The molecule has 0 bridgehead atoms. The van der Waals surface area contributed by atoms with Gasteiger partial charge in [-0.05, 0) is 25.1 Å². The molecule has 0 spiro atoms. The summed E-state index contributed by atoms with van der Waals surface area (Å²) in [6.07, 6.45) is 0. The smallest absolute Gasteiger partial charge is 0.217 e. The molecule has 0 N–H and O–H groups in total. The van der Waals surface area contributed by atoms with Gasteiger partial charge in [0.05, 0.1) is 11.4 Å². The second-order valence-electron chi connectivity index (χ2n) is 5.91. The van der Waals surface area contributed by atoms with E-state index in [9.17, 15) is 0 Å². The van der Waals surface area contributed by atoms with Gasteiger partial charge in [0.15, 0.2) is 10.8 Å². The average Bonchev–Trinajstić information content (AvgIpc) is 3.36. The van der Waals surface area contributed by atoms with Gasteiger partial charge in [-0.15, -0.1) is 15.3 Å². The molecule has 3 heterocycles. The van der Waals surface area contributed by atoms with Crippen molar-refractivity contribution in [2.45, 2.75) is 6.92 Å². The minimum Gasteiger partial charge on any atom is -0.217 e. The molecule has 7 nitrogen and oxygen atoms in total. The minimum absolute atomic E-state index is 0.648. The van der Waals surface area contributed by atoms with Crippen molar-refractivity contribution in [2.75, 3.05) is 0 Å². The van der Waals surface area contributed by atoms with E-state index in [4.69, 9.17) is 11.6 Å². The summed E-state index contributed by atoms with van der Waals surface area (Å²) in [5.41, 5.74) is 3.40. The van der Waals surface area contributed by atoms with Gasteiger partial charge < -0.3 is 0 Å². The lowest BCUT2D eigenvalue weighted by atomic mass is 10.2. The Kier molecular flexibility index (Phi) is 3.73. The van der Waals surface area contributed by atoms with Crippen LogP contribution in [0.25, 0.3) is 32.7 Å². The normalized spacial score (nSPS) is 11.3. The number of nitrogens with zero attached hydrogens (tertiary/aromatic N) is 7. The highest BCUT2D eigenvalue weighted by molar-refractivity contribution is 7.19. The van der Waals surface area contributed by atoms with Gasteiger partial charge in [-0.1, -0.05) is 64.5 Å². The predicted molar refractivity (Wildman–Crippen MR) is 104 cm³/mol. The summed E-state index contributed by atoms with van der Waals surface area (Å²) >= 11 is 7.52. The van der Waals surface area contributed by atoms with Crippen molar-refractivity contribution in [3.8, 4) is 27.8 Å². The third-order valence-corrected chi connectivity index (χ3v) is 5.31. The van der Waals surface area contributed by atoms with E-state index in [1.807, 2.05) is 61.5 Å². The number of hydrogen-bond acceptors (Lipinski definition) is 6. The summed E-state index contributed by atoms with van der Waals surface area (Å²) in [4.78, 5) is 0.709. The largest absolute Gasteiger partial charge is 0.235 e. The predicted octanol–water partition coefficient (Wildman–Crippen LogP) is 4.06. The minimum atomic E-state index is 0.648. The Bertz CT molecular complexity index is 1260. The van der Waals surface area contributed by atoms with Gasteiger partial charge >= 0.3 is 0 Å². The molecule has 0 amide bonds. The standard InChI is InChI=1S/C18H12ClN7S/c1-11-15(20-24-25(11)14-9-5-8-13(19)10-14)17-23-26-16(21-22-18(26)27-17)12-6-3-2-4-7-12/h2-10H,1H3. The molecule has 0 saturated carbocycles. The third kappa shape index (κ3) is 2.70. The molecule has 0 fully saturated rings. The van der Waals surface area contributed by atoms with Crippen molar-refractivity contribution in [2.24, 2.45) is 0 Å². The van der Waals surface area contributed by atoms with E-state index >= 15 is 0 Å². The highest BCUT2D eigenvalue weighted by Gasteiger charge is 2.19. The van der Waals surface area contributed by atoms with Crippen LogP contribution in [0.5, 0.6) is 0 Å². The molecule has 132 valence electrons. The molecular weight excluding hydrogens is 382 g/mol. The monoisotopic (exact) mass is 393 g/mol. The molecule has 5 rings (SSSR count). The Hall–Kier alpha value is -3.10. The summed E-state index contributed by atoms with van der Waals surface area (Å²) in [5.74, 6) is 0.702. The maximum atomic E-state index is 6.09. The molecule has 0 aliphatic carbocycles. The molecule has 27 heavy (non-hydrogen) atoms. The summed E-state index contributed by atoms with van der Waals surface area (Å²) in [7, 11) is 0. The molecule has 0 aliphatic heterocycles. The number of hydrogen-bond donors (Lipinski definition) is 0. The first-order valence-electron chi connectivity index (χ1n) is 8.17. The molecule has 9 heteroatoms. The highest BCUT2D eigenvalue weighted by atomic mass is 35.5. The van der Waals surface area contributed by atoms with Crippen molar-refractivity contribution in [1.82, 2.24) is 34.8 Å². The van der Waals surface area contributed by atoms with Crippen LogP contribution in [0, 0.1) is 6.92 Å². The van der Waals surface area contributed by atoms with Crippen LogP contribution >= 0.6 is 22.9 Å². The molecule has 3 aromatic heterocycles. The topological polar surface area (TPSA) is 73.8 Å². The summed E-state index contributed by atoms with van der Waals surface area (Å²) in [5, 5.41) is 23.1. The van der Waals surface area contributed by atoms with Gasteiger partial charge in [0, 0.05) is 10.6 Å². The third-order valence-electron chi connectivity index (χ3n) is 4.17. The van der Waals surface area contributed by atoms with E-state index in [0.29, 0.717) is 21.5 Å².